The standard InChI is InChI=1S/C18H37N/c1-13-8-14(2)10-16(9-13)17(19-7)11-15(3)12-18(4,5)6/h13-17,19H,8-12H2,1-7H3. The van der Waals surface area contributed by atoms with Crippen LogP contribution in [0.15, 0.2) is 0 Å². The molecule has 0 aliphatic heterocycles. The van der Waals surface area contributed by atoms with E-state index >= 15 is 0 Å². The zero-order valence-corrected chi connectivity index (χ0v) is 14.4. The van der Waals surface area contributed by atoms with Gasteiger partial charge >= 0.3 is 0 Å². The van der Waals surface area contributed by atoms with Gasteiger partial charge in [0.2, 0.25) is 0 Å². The summed E-state index contributed by atoms with van der Waals surface area (Å²) in [5.74, 6) is 3.56. The fourth-order valence-corrected chi connectivity index (χ4v) is 4.45. The fourth-order valence-electron chi connectivity index (χ4n) is 4.45. The number of nitrogens with one attached hydrogen (secondary N) is 1. The first kappa shape index (κ1) is 17.0. The molecule has 4 unspecified atom stereocenters. The molecule has 1 nitrogen and oxygen atoms in total. The highest BCUT2D eigenvalue weighted by atomic mass is 14.9. The van der Waals surface area contributed by atoms with Crippen molar-refractivity contribution in [2.24, 2.45) is 29.1 Å². The quantitative estimate of drug-likeness (QED) is 0.730. The van der Waals surface area contributed by atoms with E-state index in [1.54, 1.807) is 0 Å². The predicted octanol–water partition coefficient (Wildman–Crippen LogP) is 5.11. The first-order valence-electron chi connectivity index (χ1n) is 8.38. The van der Waals surface area contributed by atoms with E-state index in [-0.39, 0.29) is 0 Å². The Labute approximate surface area is 121 Å². The van der Waals surface area contributed by atoms with Gasteiger partial charge in [0.15, 0.2) is 0 Å². The maximum atomic E-state index is 3.63. The Morgan fingerprint density at radius 2 is 1.58 bits per heavy atom. The van der Waals surface area contributed by atoms with Crippen LogP contribution in [0.2, 0.25) is 0 Å². The van der Waals surface area contributed by atoms with Crippen LogP contribution in [0, 0.1) is 29.1 Å². The molecule has 114 valence electrons. The summed E-state index contributed by atoms with van der Waals surface area (Å²) in [7, 11) is 2.17. The molecule has 1 rings (SSSR count). The third-order valence-corrected chi connectivity index (χ3v) is 4.77. The highest BCUT2D eigenvalue weighted by Gasteiger charge is 2.30. The first-order valence-corrected chi connectivity index (χ1v) is 8.38. The van der Waals surface area contributed by atoms with Crippen molar-refractivity contribution in [3.05, 3.63) is 0 Å². The van der Waals surface area contributed by atoms with Crippen LogP contribution in [0.5, 0.6) is 0 Å². The van der Waals surface area contributed by atoms with Gasteiger partial charge in [0.25, 0.3) is 0 Å². The van der Waals surface area contributed by atoms with E-state index in [4.69, 9.17) is 0 Å². The van der Waals surface area contributed by atoms with Crippen LogP contribution in [0.1, 0.15) is 73.6 Å². The molecular formula is C18H37N. The second-order valence-electron chi connectivity index (χ2n) is 8.68. The van der Waals surface area contributed by atoms with Crippen LogP contribution in [0.25, 0.3) is 0 Å². The SMILES string of the molecule is CNC(CC(C)CC(C)(C)C)C1CC(C)CC(C)C1. The van der Waals surface area contributed by atoms with E-state index in [2.05, 4.69) is 53.9 Å². The highest BCUT2D eigenvalue weighted by molar-refractivity contribution is 4.84. The molecule has 1 saturated carbocycles. The third-order valence-electron chi connectivity index (χ3n) is 4.77. The Balaban J connectivity index is 2.52. The Morgan fingerprint density at radius 1 is 1.05 bits per heavy atom. The number of rotatable bonds is 5. The molecule has 0 aromatic carbocycles. The lowest BCUT2D eigenvalue weighted by Gasteiger charge is -2.38. The van der Waals surface area contributed by atoms with Gasteiger partial charge in [-0.05, 0) is 68.2 Å². The molecule has 19 heavy (non-hydrogen) atoms. The van der Waals surface area contributed by atoms with Crippen LogP contribution in [-0.4, -0.2) is 13.1 Å². The zero-order valence-electron chi connectivity index (χ0n) is 14.4. The van der Waals surface area contributed by atoms with Gasteiger partial charge in [-0.3, -0.25) is 0 Å². The lowest BCUT2D eigenvalue weighted by molar-refractivity contribution is 0.158. The Hall–Kier alpha value is -0.0400. The molecule has 1 heteroatoms. The van der Waals surface area contributed by atoms with Gasteiger partial charge in [-0.2, -0.15) is 0 Å². The van der Waals surface area contributed by atoms with Gasteiger partial charge in [-0.1, -0.05) is 41.5 Å². The van der Waals surface area contributed by atoms with Gasteiger partial charge < -0.3 is 5.32 Å². The maximum absolute atomic E-state index is 3.63. The average molecular weight is 268 g/mol. The van der Waals surface area contributed by atoms with Gasteiger partial charge in [-0.25, -0.2) is 0 Å². The summed E-state index contributed by atoms with van der Waals surface area (Å²) in [6, 6.07) is 0.725. The summed E-state index contributed by atoms with van der Waals surface area (Å²) in [6.45, 7) is 14.4. The van der Waals surface area contributed by atoms with E-state index in [9.17, 15) is 0 Å². The van der Waals surface area contributed by atoms with E-state index in [1.165, 1.54) is 32.1 Å². The van der Waals surface area contributed by atoms with E-state index in [0.717, 1.165) is 29.7 Å². The molecule has 0 bridgehead atoms. The van der Waals surface area contributed by atoms with Crippen LogP contribution in [-0.2, 0) is 0 Å². The second kappa shape index (κ2) is 7.11. The zero-order chi connectivity index (χ0) is 14.6. The van der Waals surface area contributed by atoms with E-state index in [1.807, 2.05) is 0 Å². The molecule has 0 saturated heterocycles. The molecular weight excluding hydrogens is 230 g/mol. The van der Waals surface area contributed by atoms with Crippen LogP contribution in [0.4, 0.5) is 0 Å². The smallest absolute Gasteiger partial charge is 0.00950 e. The minimum atomic E-state index is 0.463. The number of hydrogen-bond donors (Lipinski definition) is 1. The van der Waals surface area contributed by atoms with Crippen molar-refractivity contribution < 1.29 is 0 Å². The second-order valence-corrected chi connectivity index (χ2v) is 8.68. The maximum Gasteiger partial charge on any atom is 0.00950 e. The van der Waals surface area contributed by atoms with Crippen molar-refractivity contribution in [3.8, 4) is 0 Å². The normalized spacial score (nSPS) is 32.1. The lowest BCUT2D eigenvalue weighted by atomic mass is 9.71. The molecule has 1 N–H and O–H groups in total. The van der Waals surface area contributed by atoms with Crippen molar-refractivity contribution >= 4 is 0 Å². The highest BCUT2D eigenvalue weighted by Crippen LogP contribution is 2.37. The molecule has 4 atom stereocenters. The summed E-state index contributed by atoms with van der Waals surface area (Å²) in [5, 5.41) is 3.63. The summed E-state index contributed by atoms with van der Waals surface area (Å²) in [4.78, 5) is 0. The molecule has 0 aromatic rings. The van der Waals surface area contributed by atoms with Crippen molar-refractivity contribution in [3.63, 3.8) is 0 Å². The molecule has 0 amide bonds. The molecule has 0 heterocycles. The minimum Gasteiger partial charge on any atom is -0.317 e. The molecule has 1 aliphatic carbocycles. The molecule has 0 spiro atoms. The first-order chi connectivity index (χ1) is 8.71. The molecule has 0 radical (unpaired) electrons. The Morgan fingerprint density at radius 3 is 2.00 bits per heavy atom. The van der Waals surface area contributed by atoms with Gasteiger partial charge in [0, 0.05) is 6.04 Å². The summed E-state index contributed by atoms with van der Waals surface area (Å²) < 4.78 is 0. The van der Waals surface area contributed by atoms with E-state index in [0.29, 0.717) is 5.41 Å². The van der Waals surface area contributed by atoms with Crippen molar-refractivity contribution in [2.75, 3.05) is 7.05 Å². The fraction of sp³-hybridized carbons (Fsp3) is 1.00. The summed E-state index contributed by atoms with van der Waals surface area (Å²) in [6.07, 6.45) is 6.97. The van der Waals surface area contributed by atoms with E-state index < -0.39 is 0 Å². The molecule has 1 fully saturated rings. The average Bonchev–Trinajstić information content (AvgIpc) is 2.21. The van der Waals surface area contributed by atoms with Gasteiger partial charge in [0.05, 0.1) is 0 Å². The predicted molar refractivity (Wildman–Crippen MR) is 86.4 cm³/mol. The molecule has 1 aliphatic rings. The van der Waals surface area contributed by atoms with Crippen molar-refractivity contribution in [1.82, 2.24) is 5.32 Å². The van der Waals surface area contributed by atoms with Gasteiger partial charge in [-0.15, -0.1) is 0 Å². The largest absolute Gasteiger partial charge is 0.317 e. The summed E-state index contributed by atoms with van der Waals surface area (Å²) in [5.41, 5.74) is 0.463. The minimum absolute atomic E-state index is 0.463. The van der Waals surface area contributed by atoms with Crippen molar-refractivity contribution in [1.29, 1.82) is 0 Å². The summed E-state index contributed by atoms with van der Waals surface area (Å²) >= 11 is 0. The van der Waals surface area contributed by atoms with Gasteiger partial charge in [0.1, 0.15) is 0 Å². The Kier molecular flexibility index (Phi) is 6.36. The van der Waals surface area contributed by atoms with Crippen LogP contribution in [0.3, 0.4) is 0 Å². The Bertz CT molecular complexity index is 243. The third kappa shape index (κ3) is 6.29. The monoisotopic (exact) mass is 267 g/mol. The topological polar surface area (TPSA) is 12.0 Å². The van der Waals surface area contributed by atoms with Crippen LogP contribution < -0.4 is 5.32 Å². The van der Waals surface area contributed by atoms with Crippen molar-refractivity contribution in [2.45, 2.75) is 79.7 Å². The van der Waals surface area contributed by atoms with Crippen LogP contribution >= 0.6 is 0 Å². The lowest BCUT2D eigenvalue weighted by Crippen LogP contribution is -2.39. The number of hydrogen-bond acceptors (Lipinski definition) is 1. The molecule has 0 aromatic heterocycles.